The zero-order valence-corrected chi connectivity index (χ0v) is 13.5. The molecule has 4 nitrogen and oxygen atoms in total. The third kappa shape index (κ3) is 4.89. The summed E-state index contributed by atoms with van der Waals surface area (Å²) in [6.07, 6.45) is 0. The molecule has 2 aromatic rings. The molecule has 0 spiro atoms. The van der Waals surface area contributed by atoms with E-state index in [4.69, 9.17) is 0 Å². The van der Waals surface area contributed by atoms with Gasteiger partial charge in [-0.15, -0.1) is 0 Å². The maximum atomic E-state index is 12.8. The van der Waals surface area contributed by atoms with Crippen molar-refractivity contribution in [3.63, 3.8) is 0 Å². The Balaban J connectivity index is 1.96. The summed E-state index contributed by atoms with van der Waals surface area (Å²) < 4.78 is 37.4. The van der Waals surface area contributed by atoms with Gasteiger partial charge in [0.1, 0.15) is 11.1 Å². The first-order valence-electron chi connectivity index (χ1n) is 7.16. The van der Waals surface area contributed by atoms with Crippen molar-refractivity contribution >= 4 is 15.7 Å². The molecule has 1 N–H and O–H groups in total. The van der Waals surface area contributed by atoms with Crippen molar-refractivity contribution in [1.29, 1.82) is 0 Å². The fourth-order valence-electron chi connectivity index (χ4n) is 2.03. The van der Waals surface area contributed by atoms with Crippen LogP contribution >= 0.6 is 0 Å². The molecule has 0 saturated carbocycles. The normalized spacial score (nSPS) is 12.6. The Labute approximate surface area is 135 Å². The summed E-state index contributed by atoms with van der Waals surface area (Å²) in [5.74, 6) is -1.11. The average molecular weight is 335 g/mol. The molecule has 1 amide bonds. The van der Waals surface area contributed by atoms with Crippen LogP contribution < -0.4 is 5.32 Å². The van der Waals surface area contributed by atoms with Crippen LogP contribution in [-0.2, 0) is 26.9 Å². The highest BCUT2D eigenvalue weighted by atomic mass is 32.2. The van der Waals surface area contributed by atoms with Gasteiger partial charge in [0.15, 0.2) is 9.84 Å². The summed E-state index contributed by atoms with van der Waals surface area (Å²) in [5, 5.41) is 1.42. The Morgan fingerprint density at radius 2 is 1.65 bits per heavy atom. The van der Waals surface area contributed by atoms with E-state index in [0.717, 1.165) is 0 Å². The standard InChI is InChI=1S/C17H18FNO3S/c1-13(23(21,22)12-15-5-3-2-4-6-15)17(20)19-11-14-7-9-16(18)10-8-14/h2-10,13H,11-12H2,1H3,(H,19,20). The summed E-state index contributed by atoms with van der Waals surface area (Å²) in [4.78, 5) is 12.1. The zero-order valence-electron chi connectivity index (χ0n) is 12.7. The molecule has 0 aromatic heterocycles. The lowest BCUT2D eigenvalue weighted by Gasteiger charge is -2.13. The minimum Gasteiger partial charge on any atom is -0.351 e. The van der Waals surface area contributed by atoms with Crippen LogP contribution in [0.25, 0.3) is 0 Å². The van der Waals surface area contributed by atoms with Crippen molar-refractivity contribution in [3.05, 3.63) is 71.5 Å². The Hall–Kier alpha value is -2.21. The van der Waals surface area contributed by atoms with E-state index >= 15 is 0 Å². The summed E-state index contributed by atoms with van der Waals surface area (Å²) >= 11 is 0. The Morgan fingerprint density at radius 1 is 1.04 bits per heavy atom. The number of sulfone groups is 1. The van der Waals surface area contributed by atoms with E-state index in [1.54, 1.807) is 42.5 Å². The SMILES string of the molecule is CC(C(=O)NCc1ccc(F)cc1)S(=O)(=O)Cc1ccccc1. The van der Waals surface area contributed by atoms with E-state index in [0.29, 0.717) is 11.1 Å². The van der Waals surface area contributed by atoms with Crippen LogP contribution in [0.2, 0.25) is 0 Å². The number of benzene rings is 2. The molecule has 2 rings (SSSR count). The van der Waals surface area contributed by atoms with Crippen LogP contribution in [0.3, 0.4) is 0 Å². The van der Waals surface area contributed by atoms with Gasteiger partial charge in [-0.2, -0.15) is 0 Å². The van der Waals surface area contributed by atoms with Crippen LogP contribution in [0.5, 0.6) is 0 Å². The van der Waals surface area contributed by atoms with Crippen molar-refractivity contribution in [2.75, 3.05) is 0 Å². The quantitative estimate of drug-likeness (QED) is 0.882. The largest absolute Gasteiger partial charge is 0.351 e. The molecule has 0 aliphatic rings. The predicted octanol–water partition coefficient (Wildman–Crippen LogP) is 2.45. The lowest BCUT2D eigenvalue weighted by atomic mass is 10.2. The van der Waals surface area contributed by atoms with E-state index in [-0.39, 0.29) is 18.1 Å². The average Bonchev–Trinajstić information content (AvgIpc) is 2.54. The number of amides is 1. The molecule has 2 aromatic carbocycles. The van der Waals surface area contributed by atoms with Gasteiger partial charge in [-0.1, -0.05) is 42.5 Å². The van der Waals surface area contributed by atoms with Crippen molar-refractivity contribution < 1.29 is 17.6 Å². The second-order valence-electron chi connectivity index (χ2n) is 5.28. The van der Waals surface area contributed by atoms with Crippen LogP contribution in [0.15, 0.2) is 54.6 Å². The van der Waals surface area contributed by atoms with Gasteiger partial charge in [-0.25, -0.2) is 12.8 Å². The maximum absolute atomic E-state index is 12.8. The Morgan fingerprint density at radius 3 is 2.26 bits per heavy atom. The number of halogens is 1. The molecule has 23 heavy (non-hydrogen) atoms. The van der Waals surface area contributed by atoms with Crippen molar-refractivity contribution in [1.82, 2.24) is 5.32 Å². The predicted molar refractivity (Wildman–Crippen MR) is 86.8 cm³/mol. The summed E-state index contributed by atoms with van der Waals surface area (Å²) in [6.45, 7) is 1.53. The first kappa shape index (κ1) is 17.1. The van der Waals surface area contributed by atoms with Gasteiger partial charge in [0.25, 0.3) is 0 Å². The number of hydrogen-bond donors (Lipinski definition) is 1. The van der Waals surface area contributed by atoms with Gasteiger partial charge in [-0.3, -0.25) is 4.79 Å². The monoisotopic (exact) mass is 335 g/mol. The van der Waals surface area contributed by atoms with Gasteiger partial charge < -0.3 is 5.32 Å². The highest BCUT2D eigenvalue weighted by Gasteiger charge is 2.27. The molecule has 0 heterocycles. The Kier molecular flexibility index (Phi) is 5.50. The molecule has 0 saturated heterocycles. The van der Waals surface area contributed by atoms with Crippen LogP contribution in [0.1, 0.15) is 18.1 Å². The summed E-state index contributed by atoms with van der Waals surface area (Å²) in [5.41, 5.74) is 1.35. The first-order chi connectivity index (χ1) is 10.9. The minimum absolute atomic E-state index is 0.157. The van der Waals surface area contributed by atoms with Crippen LogP contribution in [-0.4, -0.2) is 19.6 Å². The van der Waals surface area contributed by atoms with Gasteiger partial charge in [0.05, 0.1) is 5.75 Å². The fourth-order valence-corrected chi connectivity index (χ4v) is 3.35. The summed E-state index contributed by atoms with van der Waals surface area (Å²) in [7, 11) is -3.60. The first-order valence-corrected chi connectivity index (χ1v) is 8.87. The zero-order chi connectivity index (χ0) is 16.9. The van der Waals surface area contributed by atoms with Crippen LogP contribution in [0.4, 0.5) is 4.39 Å². The van der Waals surface area contributed by atoms with Gasteiger partial charge in [-0.05, 0) is 30.2 Å². The third-order valence-corrected chi connectivity index (χ3v) is 5.53. The fraction of sp³-hybridized carbons (Fsp3) is 0.235. The molecular formula is C17H18FNO3S. The number of carbonyl (C=O) groups excluding carboxylic acids is 1. The van der Waals surface area contributed by atoms with Crippen molar-refractivity contribution in [2.45, 2.75) is 24.5 Å². The molecule has 0 radical (unpaired) electrons. The topological polar surface area (TPSA) is 63.2 Å². The van der Waals surface area contributed by atoms with Gasteiger partial charge in [0, 0.05) is 6.54 Å². The third-order valence-electron chi connectivity index (χ3n) is 3.50. The minimum atomic E-state index is -3.60. The van der Waals surface area contributed by atoms with E-state index in [9.17, 15) is 17.6 Å². The molecular weight excluding hydrogens is 317 g/mol. The van der Waals surface area contributed by atoms with E-state index in [1.165, 1.54) is 19.1 Å². The number of hydrogen-bond acceptors (Lipinski definition) is 3. The summed E-state index contributed by atoms with van der Waals surface area (Å²) in [6, 6.07) is 14.4. The molecule has 0 aliphatic heterocycles. The molecule has 0 aliphatic carbocycles. The van der Waals surface area contributed by atoms with Crippen molar-refractivity contribution in [3.8, 4) is 0 Å². The van der Waals surface area contributed by atoms with E-state index in [1.807, 2.05) is 0 Å². The van der Waals surface area contributed by atoms with Gasteiger partial charge in [0.2, 0.25) is 5.91 Å². The number of carbonyl (C=O) groups is 1. The molecule has 122 valence electrons. The maximum Gasteiger partial charge on any atom is 0.238 e. The van der Waals surface area contributed by atoms with Crippen LogP contribution in [0, 0.1) is 5.82 Å². The lowest BCUT2D eigenvalue weighted by molar-refractivity contribution is -0.120. The lowest BCUT2D eigenvalue weighted by Crippen LogP contribution is -2.38. The molecule has 1 unspecified atom stereocenters. The highest BCUT2D eigenvalue weighted by Crippen LogP contribution is 2.11. The second-order valence-corrected chi connectivity index (χ2v) is 7.60. The van der Waals surface area contributed by atoms with E-state index in [2.05, 4.69) is 5.32 Å². The molecule has 0 fully saturated rings. The second kappa shape index (κ2) is 7.37. The molecule has 6 heteroatoms. The Bertz CT molecular complexity index is 758. The van der Waals surface area contributed by atoms with E-state index < -0.39 is 21.0 Å². The smallest absolute Gasteiger partial charge is 0.238 e. The molecule has 1 atom stereocenters. The van der Waals surface area contributed by atoms with Crippen molar-refractivity contribution in [2.24, 2.45) is 0 Å². The highest BCUT2D eigenvalue weighted by molar-refractivity contribution is 7.92. The number of rotatable bonds is 6. The van der Waals surface area contributed by atoms with Gasteiger partial charge >= 0.3 is 0 Å². The number of nitrogens with one attached hydrogen (secondary N) is 1. The molecule has 0 bridgehead atoms.